The number of anilines is 2. The fourth-order valence-corrected chi connectivity index (χ4v) is 2.89. The van der Waals surface area contributed by atoms with Crippen molar-refractivity contribution in [1.29, 1.82) is 0 Å². The number of carbonyl (C=O) groups excluding carboxylic acids is 4. The highest BCUT2D eigenvalue weighted by molar-refractivity contribution is 6.16. The summed E-state index contributed by atoms with van der Waals surface area (Å²) in [5.41, 5.74) is -0.823. The lowest BCUT2D eigenvalue weighted by Crippen LogP contribution is -2.35. The van der Waals surface area contributed by atoms with E-state index in [0.717, 1.165) is 10.1 Å². The molecule has 0 heterocycles. The molecule has 0 aliphatic carbocycles. The van der Waals surface area contributed by atoms with Gasteiger partial charge in [0.05, 0.1) is 28.4 Å². The van der Waals surface area contributed by atoms with Crippen LogP contribution in [-0.4, -0.2) is 66.2 Å². The van der Waals surface area contributed by atoms with Gasteiger partial charge in [-0.15, -0.1) is 0 Å². The molecule has 0 saturated heterocycles. The quantitative estimate of drug-likeness (QED) is 0.565. The summed E-state index contributed by atoms with van der Waals surface area (Å²) in [5, 5.41) is 6.40. The van der Waals surface area contributed by atoms with Crippen LogP contribution in [0.1, 0.15) is 34.6 Å². The molecule has 30 heavy (non-hydrogen) atoms. The molecule has 0 atom stereocenters. The molecule has 1 rings (SSSR count). The summed E-state index contributed by atoms with van der Waals surface area (Å²) in [6.07, 6.45) is 0. The van der Waals surface area contributed by atoms with Gasteiger partial charge < -0.3 is 20.1 Å². The molecule has 1 aromatic rings. The number of ether oxygens (including phenoxy) is 2. The molecule has 0 bridgehead atoms. The minimum Gasteiger partial charge on any atom is -0.494 e. The number of carbonyl (C=O) groups is 4. The van der Waals surface area contributed by atoms with E-state index in [9.17, 15) is 19.2 Å². The lowest BCUT2D eigenvalue weighted by Gasteiger charge is -2.30. The Kier molecular flexibility index (Phi) is 8.56. The maximum absolute atomic E-state index is 12.8. The molecule has 12 nitrogen and oxygen atoms in total. The number of amides is 4. The first-order valence-electron chi connectivity index (χ1n) is 8.62. The van der Waals surface area contributed by atoms with E-state index in [0.29, 0.717) is 0 Å². The van der Waals surface area contributed by atoms with Crippen LogP contribution in [0, 0.1) is 0 Å². The van der Waals surface area contributed by atoms with E-state index < -0.39 is 23.6 Å². The molecule has 0 spiro atoms. The van der Waals surface area contributed by atoms with E-state index in [1.165, 1.54) is 56.4 Å². The molecule has 0 unspecified atom stereocenters. The first-order chi connectivity index (χ1) is 14.2. The van der Waals surface area contributed by atoms with Crippen LogP contribution in [0.3, 0.4) is 0 Å². The number of nitrogens with one attached hydrogen (secondary N) is 2. The van der Waals surface area contributed by atoms with Crippen molar-refractivity contribution in [3.8, 4) is 11.5 Å². The average Bonchev–Trinajstić information content (AvgIpc) is 2.72. The Morgan fingerprint density at radius 2 is 0.967 bits per heavy atom. The second kappa shape index (κ2) is 10.4. The molecule has 0 aliphatic rings. The van der Waals surface area contributed by atoms with Crippen LogP contribution in [0.2, 0.25) is 0 Å². The fourth-order valence-electron chi connectivity index (χ4n) is 2.89. The third-order valence-electron chi connectivity index (χ3n) is 4.02. The van der Waals surface area contributed by atoms with Crippen LogP contribution in [0.5, 0.6) is 11.5 Å². The highest BCUT2D eigenvalue weighted by Crippen LogP contribution is 2.49. The van der Waals surface area contributed by atoms with Crippen molar-refractivity contribution in [1.82, 2.24) is 10.6 Å². The zero-order valence-electron chi connectivity index (χ0n) is 18.2. The molecule has 12 heteroatoms. The van der Waals surface area contributed by atoms with Crippen LogP contribution >= 0.6 is 0 Å². The molecule has 2 N–H and O–H groups in total. The number of hydrogen-bond donors (Lipinski definition) is 2. The minimum atomic E-state index is -0.701. The highest BCUT2D eigenvalue weighted by Gasteiger charge is 2.38. The number of benzene rings is 1. The fraction of sp³-hybridized carbons (Fsp3) is 0.444. The second-order valence-electron chi connectivity index (χ2n) is 5.66. The Morgan fingerprint density at radius 3 is 1.13 bits per heavy atom. The van der Waals surface area contributed by atoms with Crippen molar-refractivity contribution in [3.05, 3.63) is 11.1 Å². The number of hydroxylamine groups is 2. The van der Waals surface area contributed by atoms with Gasteiger partial charge >= 0.3 is 0 Å². The van der Waals surface area contributed by atoms with Crippen LogP contribution < -0.4 is 30.2 Å². The molecule has 0 saturated carbocycles. The van der Waals surface area contributed by atoms with Crippen LogP contribution in [-0.2, 0) is 19.3 Å². The van der Waals surface area contributed by atoms with Crippen molar-refractivity contribution in [3.63, 3.8) is 0 Å². The largest absolute Gasteiger partial charge is 0.494 e. The van der Waals surface area contributed by atoms with Gasteiger partial charge in [-0.25, -0.2) is 0 Å². The van der Waals surface area contributed by atoms with E-state index >= 15 is 0 Å². The summed E-state index contributed by atoms with van der Waals surface area (Å²) >= 11 is 0. The maximum Gasteiger partial charge on any atom is 0.257 e. The van der Waals surface area contributed by atoms with Crippen LogP contribution in [0.25, 0.3) is 0 Å². The Labute approximate surface area is 173 Å². The minimum absolute atomic E-state index is 0.189. The summed E-state index contributed by atoms with van der Waals surface area (Å²) in [4.78, 5) is 60.4. The number of rotatable bonds is 8. The summed E-state index contributed by atoms with van der Waals surface area (Å²) in [6.45, 7) is 2.38. The lowest BCUT2D eigenvalue weighted by molar-refractivity contribution is -0.123. The molecule has 0 fully saturated rings. The molecule has 0 aliphatic heterocycles. The molecule has 166 valence electrons. The molecule has 4 amide bonds. The SMILES string of the molecule is CNC(=O)c1c(OC)c(N(OC)C(C)=O)c(C(=O)NC)c(OC)c1N(OC)C(C)=O. The van der Waals surface area contributed by atoms with Crippen molar-refractivity contribution < 1.29 is 38.3 Å². The van der Waals surface area contributed by atoms with Crippen LogP contribution in [0.4, 0.5) is 11.4 Å². The molecule has 0 radical (unpaired) electrons. The van der Waals surface area contributed by atoms with Gasteiger partial charge in [-0.3, -0.25) is 28.9 Å². The zero-order valence-corrected chi connectivity index (χ0v) is 18.2. The average molecular weight is 426 g/mol. The predicted molar refractivity (Wildman–Crippen MR) is 107 cm³/mol. The Morgan fingerprint density at radius 1 is 0.667 bits per heavy atom. The predicted octanol–water partition coefficient (Wildman–Crippen LogP) is 0.252. The van der Waals surface area contributed by atoms with E-state index in [1.54, 1.807) is 0 Å². The second-order valence-corrected chi connectivity index (χ2v) is 5.66. The zero-order chi connectivity index (χ0) is 23.2. The number of methoxy groups -OCH3 is 2. The number of nitrogens with zero attached hydrogens (tertiary/aromatic N) is 2. The highest BCUT2D eigenvalue weighted by atomic mass is 16.7. The topological polar surface area (TPSA) is 136 Å². The molecule has 0 aromatic heterocycles. The first-order valence-corrected chi connectivity index (χ1v) is 8.62. The summed E-state index contributed by atoms with van der Waals surface area (Å²) in [7, 11) is 7.57. The van der Waals surface area contributed by atoms with Gasteiger partial charge in [0.15, 0.2) is 11.5 Å². The van der Waals surface area contributed by atoms with Gasteiger partial charge in [0.2, 0.25) is 11.8 Å². The molecule has 1 aromatic carbocycles. The van der Waals surface area contributed by atoms with Crippen LogP contribution in [0.15, 0.2) is 0 Å². The van der Waals surface area contributed by atoms with Crippen molar-refractivity contribution in [2.24, 2.45) is 0 Å². The van der Waals surface area contributed by atoms with Crippen molar-refractivity contribution in [2.75, 3.05) is 52.7 Å². The lowest BCUT2D eigenvalue weighted by atomic mass is 10.00. The standard InChI is InChI=1S/C18H26N4O8/c1-9(23)21(29-7)13-11(17(25)19-3)16(28-6)14(22(30-8)10(2)24)12(15(13)27-5)18(26)20-4/h1-8H3,(H,19,25)(H,20,26). The van der Waals surface area contributed by atoms with E-state index in [4.69, 9.17) is 19.1 Å². The van der Waals surface area contributed by atoms with Gasteiger partial charge in [0.25, 0.3) is 11.8 Å². The van der Waals surface area contributed by atoms with Crippen molar-refractivity contribution in [2.45, 2.75) is 13.8 Å². The Balaban J connectivity index is 4.43. The normalized spacial score (nSPS) is 10.1. The summed E-state index contributed by atoms with van der Waals surface area (Å²) in [6, 6.07) is 0. The Bertz CT molecular complexity index is 786. The molecular weight excluding hydrogens is 400 g/mol. The van der Waals surface area contributed by atoms with Gasteiger partial charge in [0.1, 0.15) is 22.5 Å². The monoisotopic (exact) mass is 426 g/mol. The Hall–Kier alpha value is -3.38. The maximum atomic E-state index is 12.8. The van der Waals surface area contributed by atoms with Gasteiger partial charge in [0, 0.05) is 27.9 Å². The van der Waals surface area contributed by atoms with E-state index in [2.05, 4.69) is 10.6 Å². The first kappa shape index (κ1) is 24.7. The van der Waals surface area contributed by atoms with Crippen molar-refractivity contribution >= 4 is 35.0 Å². The third-order valence-corrected chi connectivity index (χ3v) is 4.02. The smallest absolute Gasteiger partial charge is 0.257 e. The van der Waals surface area contributed by atoms with E-state index in [-0.39, 0.29) is 34.0 Å². The summed E-state index contributed by atoms with van der Waals surface area (Å²) in [5.74, 6) is -3.07. The summed E-state index contributed by atoms with van der Waals surface area (Å²) < 4.78 is 10.8. The number of hydrogen-bond acceptors (Lipinski definition) is 8. The van der Waals surface area contributed by atoms with Gasteiger partial charge in [-0.05, 0) is 0 Å². The van der Waals surface area contributed by atoms with Gasteiger partial charge in [-0.1, -0.05) is 0 Å². The van der Waals surface area contributed by atoms with Gasteiger partial charge in [-0.2, -0.15) is 10.1 Å². The third kappa shape index (κ3) is 4.28. The molecular formula is C18H26N4O8. The van der Waals surface area contributed by atoms with E-state index in [1.807, 2.05) is 0 Å².